The number of ether oxygens (including phenoxy) is 1. The summed E-state index contributed by atoms with van der Waals surface area (Å²) in [5.74, 6) is -1.13. The van der Waals surface area contributed by atoms with Crippen LogP contribution in [0, 0.1) is 6.92 Å². The molecular weight excluding hydrogens is 463 g/mol. The van der Waals surface area contributed by atoms with Crippen molar-refractivity contribution >= 4 is 40.7 Å². The molecule has 2 heterocycles. The molecule has 0 spiro atoms. The fourth-order valence-corrected chi connectivity index (χ4v) is 4.25. The number of pyridine rings is 1. The number of likely N-dealkylation sites (tertiary alicyclic amines) is 1. The Morgan fingerprint density at radius 2 is 1.91 bits per heavy atom. The molecule has 3 aromatic rings. The first kappa shape index (κ1) is 22.8. The Bertz CT molecular complexity index is 1270. The number of carbonyl (C=O) groups excluding carboxylic acids is 2. The van der Waals surface area contributed by atoms with Gasteiger partial charge in [0, 0.05) is 24.5 Å². The van der Waals surface area contributed by atoms with Crippen molar-refractivity contribution in [3.05, 3.63) is 98.8 Å². The second-order valence-corrected chi connectivity index (χ2v) is 8.46. The van der Waals surface area contributed by atoms with Gasteiger partial charge in [-0.05, 0) is 60.0 Å². The number of benzene rings is 2. The average molecular weight is 483 g/mol. The first-order valence-electron chi connectivity index (χ1n) is 10.1. The number of halogens is 2. The number of aliphatic hydroxyl groups excluding tert-OH is 1. The van der Waals surface area contributed by atoms with Gasteiger partial charge in [-0.2, -0.15) is 0 Å². The topological polar surface area (TPSA) is 79.7 Å². The van der Waals surface area contributed by atoms with E-state index in [9.17, 15) is 14.7 Å². The van der Waals surface area contributed by atoms with Gasteiger partial charge in [-0.1, -0.05) is 35.3 Å². The second kappa shape index (κ2) is 9.25. The number of aromatic nitrogens is 1. The molecule has 1 fully saturated rings. The number of ketones is 1. The largest absolute Gasteiger partial charge is 0.507 e. The molecule has 0 aliphatic carbocycles. The Balaban J connectivity index is 1.88. The van der Waals surface area contributed by atoms with Crippen molar-refractivity contribution in [1.29, 1.82) is 0 Å². The van der Waals surface area contributed by atoms with E-state index in [0.717, 1.165) is 11.1 Å². The minimum atomic E-state index is -0.859. The maximum Gasteiger partial charge on any atom is 0.295 e. The fourth-order valence-electron chi connectivity index (χ4n) is 3.94. The summed E-state index contributed by atoms with van der Waals surface area (Å²) in [5, 5.41) is 11.8. The molecule has 2 aromatic carbocycles. The number of hydrogen-bond donors (Lipinski definition) is 1. The molecule has 1 amide bonds. The molecule has 0 radical (unpaired) electrons. The van der Waals surface area contributed by atoms with E-state index in [1.165, 1.54) is 4.90 Å². The molecular formula is C25H20Cl2N2O4. The molecule has 33 heavy (non-hydrogen) atoms. The van der Waals surface area contributed by atoms with Gasteiger partial charge in [0.25, 0.3) is 11.7 Å². The van der Waals surface area contributed by atoms with Crippen molar-refractivity contribution < 1.29 is 19.4 Å². The molecule has 1 aliphatic heterocycles. The predicted octanol–water partition coefficient (Wildman–Crippen LogP) is 5.33. The van der Waals surface area contributed by atoms with Gasteiger partial charge in [0.1, 0.15) is 11.5 Å². The van der Waals surface area contributed by atoms with Crippen LogP contribution in [-0.2, 0) is 16.1 Å². The zero-order chi connectivity index (χ0) is 23.7. The van der Waals surface area contributed by atoms with E-state index < -0.39 is 17.7 Å². The monoisotopic (exact) mass is 482 g/mol. The smallest absolute Gasteiger partial charge is 0.295 e. The zero-order valence-electron chi connectivity index (χ0n) is 17.9. The normalized spacial score (nSPS) is 17.5. The minimum Gasteiger partial charge on any atom is -0.507 e. The van der Waals surface area contributed by atoms with Gasteiger partial charge in [-0.25, -0.2) is 0 Å². The van der Waals surface area contributed by atoms with Crippen molar-refractivity contribution in [2.24, 2.45) is 0 Å². The molecule has 168 valence electrons. The number of methoxy groups -OCH3 is 1. The van der Waals surface area contributed by atoms with E-state index in [-0.39, 0.29) is 22.9 Å². The molecule has 1 atom stereocenters. The molecule has 1 saturated heterocycles. The predicted molar refractivity (Wildman–Crippen MR) is 126 cm³/mol. The molecule has 1 aliphatic rings. The lowest BCUT2D eigenvalue weighted by molar-refractivity contribution is -0.140. The first-order valence-corrected chi connectivity index (χ1v) is 10.8. The highest BCUT2D eigenvalue weighted by molar-refractivity contribution is 6.46. The number of hydrogen-bond acceptors (Lipinski definition) is 5. The van der Waals surface area contributed by atoms with Crippen molar-refractivity contribution in [3.8, 4) is 5.75 Å². The number of nitrogens with zero attached hydrogens (tertiary/aromatic N) is 2. The van der Waals surface area contributed by atoms with Crippen LogP contribution in [-0.4, -0.2) is 33.8 Å². The SMILES string of the molecule is COc1ccc(/C(O)=C2\C(=O)C(=O)N(Cc3cccnc3)C2c2ccc(Cl)c(Cl)c2)cc1C. The summed E-state index contributed by atoms with van der Waals surface area (Å²) in [6, 6.07) is 12.6. The van der Waals surface area contributed by atoms with Crippen LogP contribution in [0.1, 0.15) is 28.3 Å². The maximum atomic E-state index is 13.2. The van der Waals surface area contributed by atoms with E-state index in [0.29, 0.717) is 21.9 Å². The summed E-state index contributed by atoms with van der Waals surface area (Å²) in [4.78, 5) is 31.7. The molecule has 8 heteroatoms. The summed E-state index contributed by atoms with van der Waals surface area (Å²) < 4.78 is 5.28. The quantitative estimate of drug-likeness (QED) is 0.302. The molecule has 1 N–H and O–H groups in total. The molecule has 0 bridgehead atoms. The van der Waals surface area contributed by atoms with Crippen LogP contribution in [0.25, 0.3) is 5.76 Å². The summed E-state index contributed by atoms with van der Waals surface area (Å²) in [6.45, 7) is 1.95. The van der Waals surface area contributed by atoms with Gasteiger partial charge in [-0.3, -0.25) is 14.6 Å². The zero-order valence-corrected chi connectivity index (χ0v) is 19.4. The van der Waals surface area contributed by atoms with E-state index in [2.05, 4.69) is 4.98 Å². The third-order valence-electron chi connectivity index (χ3n) is 5.54. The Morgan fingerprint density at radius 3 is 2.55 bits per heavy atom. The van der Waals surface area contributed by atoms with E-state index in [1.54, 1.807) is 62.0 Å². The van der Waals surface area contributed by atoms with Gasteiger partial charge >= 0.3 is 0 Å². The lowest BCUT2D eigenvalue weighted by Crippen LogP contribution is -2.29. The summed E-state index contributed by atoms with van der Waals surface area (Å²) in [7, 11) is 1.55. The summed E-state index contributed by atoms with van der Waals surface area (Å²) in [5.41, 5.74) is 2.45. The van der Waals surface area contributed by atoms with Crippen molar-refractivity contribution in [1.82, 2.24) is 9.88 Å². The van der Waals surface area contributed by atoms with E-state index in [1.807, 2.05) is 13.0 Å². The third-order valence-corrected chi connectivity index (χ3v) is 6.28. The Morgan fingerprint density at radius 1 is 1.12 bits per heavy atom. The van der Waals surface area contributed by atoms with Crippen LogP contribution >= 0.6 is 23.2 Å². The highest BCUT2D eigenvalue weighted by Crippen LogP contribution is 2.42. The molecule has 0 saturated carbocycles. The number of rotatable bonds is 5. The molecule has 1 aromatic heterocycles. The van der Waals surface area contributed by atoms with Crippen LogP contribution in [0.3, 0.4) is 0 Å². The molecule has 1 unspecified atom stereocenters. The van der Waals surface area contributed by atoms with Crippen molar-refractivity contribution in [3.63, 3.8) is 0 Å². The van der Waals surface area contributed by atoms with Gasteiger partial charge < -0.3 is 14.7 Å². The number of aryl methyl sites for hydroxylation is 1. The lowest BCUT2D eigenvalue weighted by atomic mass is 9.94. The van der Waals surface area contributed by atoms with Crippen molar-refractivity contribution in [2.75, 3.05) is 7.11 Å². The number of aliphatic hydroxyl groups is 1. The first-order chi connectivity index (χ1) is 15.8. The number of carbonyl (C=O) groups is 2. The average Bonchev–Trinajstić information content (AvgIpc) is 3.06. The minimum absolute atomic E-state index is 0.0214. The van der Waals surface area contributed by atoms with Crippen LogP contribution in [0.5, 0.6) is 5.75 Å². The van der Waals surface area contributed by atoms with Crippen LogP contribution in [0.4, 0.5) is 0 Å². The number of amides is 1. The lowest BCUT2D eigenvalue weighted by Gasteiger charge is -2.25. The van der Waals surface area contributed by atoms with Crippen LogP contribution in [0.15, 0.2) is 66.5 Å². The summed E-state index contributed by atoms with van der Waals surface area (Å²) in [6.07, 6.45) is 3.25. The molecule has 4 rings (SSSR count). The van der Waals surface area contributed by atoms with E-state index >= 15 is 0 Å². The van der Waals surface area contributed by atoms with Gasteiger partial charge in [-0.15, -0.1) is 0 Å². The summed E-state index contributed by atoms with van der Waals surface area (Å²) >= 11 is 12.3. The number of Topliss-reactive ketones (excluding diaryl/α,β-unsaturated/α-hetero) is 1. The van der Waals surface area contributed by atoms with Gasteiger partial charge in [0.2, 0.25) is 0 Å². The highest BCUT2D eigenvalue weighted by atomic mass is 35.5. The second-order valence-electron chi connectivity index (χ2n) is 7.65. The van der Waals surface area contributed by atoms with Gasteiger partial charge in [0.05, 0.1) is 28.8 Å². The van der Waals surface area contributed by atoms with E-state index in [4.69, 9.17) is 27.9 Å². The Hall–Kier alpha value is -3.35. The Kier molecular flexibility index (Phi) is 6.40. The standard InChI is InChI=1S/C25H20Cl2N2O4/c1-14-10-17(6-8-20(14)33-2)23(30)21-22(16-5-7-18(26)19(27)11-16)29(25(32)24(21)31)13-15-4-3-9-28-12-15/h3-12,22,30H,13H2,1-2H3/b23-21+. The van der Waals surface area contributed by atoms with Crippen LogP contribution in [0.2, 0.25) is 10.0 Å². The highest BCUT2D eigenvalue weighted by Gasteiger charge is 2.46. The maximum absolute atomic E-state index is 13.2. The third kappa shape index (κ3) is 4.32. The Labute approximate surface area is 201 Å². The molecule has 6 nitrogen and oxygen atoms in total. The van der Waals surface area contributed by atoms with Gasteiger partial charge in [0.15, 0.2) is 0 Å². The fraction of sp³-hybridized carbons (Fsp3) is 0.160. The van der Waals surface area contributed by atoms with Crippen LogP contribution < -0.4 is 4.74 Å². The van der Waals surface area contributed by atoms with Crippen molar-refractivity contribution in [2.45, 2.75) is 19.5 Å².